The zero-order chi connectivity index (χ0) is 21.7. The summed E-state index contributed by atoms with van der Waals surface area (Å²) in [6.07, 6.45) is 1.45. The standard InChI is InChI=1S/C21H17N3O6S/c25-21(29-14-19-23-20(24-30-19)15-6-2-1-3-7-15)16-8-4-10-18(12-16)31(26,27)22-13-17-9-5-11-28-17/h1-12,22H,13-14H2. The molecule has 4 aromatic rings. The largest absolute Gasteiger partial charge is 0.468 e. The molecule has 0 bridgehead atoms. The third-order valence-electron chi connectivity index (χ3n) is 4.22. The molecule has 0 saturated carbocycles. The molecule has 0 radical (unpaired) electrons. The summed E-state index contributed by atoms with van der Waals surface area (Å²) >= 11 is 0. The molecule has 2 aromatic heterocycles. The average Bonchev–Trinajstić information content (AvgIpc) is 3.49. The third-order valence-corrected chi connectivity index (χ3v) is 5.62. The van der Waals surface area contributed by atoms with Gasteiger partial charge in [0.05, 0.1) is 23.3 Å². The lowest BCUT2D eigenvalue weighted by molar-refractivity contribution is 0.0429. The maximum Gasteiger partial charge on any atom is 0.338 e. The average molecular weight is 439 g/mol. The summed E-state index contributed by atoms with van der Waals surface area (Å²) in [4.78, 5) is 16.5. The van der Waals surface area contributed by atoms with Crippen molar-refractivity contribution in [2.24, 2.45) is 0 Å². The monoisotopic (exact) mass is 439 g/mol. The van der Waals surface area contributed by atoms with E-state index in [0.29, 0.717) is 11.6 Å². The van der Waals surface area contributed by atoms with Crippen LogP contribution in [0.25, 0.3) is 11.4 Å². The highest BCUT2D eigenvalue weighted by Crippen LogP contribution is 2.17. The molecule has 0 amide bonds. The van der Waals surface area contributed by atoms with Crippen molar-refractivity contribution >= 4 is 16.0 Å². The predicted molar refractivity (Wildman–Crippen MR) is 108 cm³/mol. The van der Waals surface area contributed by atoms with Gasteiger partial charge in [-0.3, -0.25) is 0 Å². The van der Waals surface area contributed by atoms with E-state index in [1.165, 1.54) is 30.5 Å². The highest BCUT2D eigenvalue weighted by molar-refractivity contribution is 7.89. The Morgan fingerprint density at radius 1 is 1.03 bits per heavy atom. The van der Waals surface area contributed by atoms with E-state index in [2.05, 4.69) is 14.9 Å². The van der Waals surface area contributed by atoms with Gasteiger partial charge in [0.1, 0.15) is 5.76 Å². The van der Waals surface area contributed by atoms with E-state index >= 15 is 0 Å². The number of benzene rings is 2. The summed E-state index contributed by atoms with van der Waals surface area (Å²) in [5, 5.41) is 3.85. The molecular formula is C21H17N3O6S. The van der Waals surface area contributed by atoms with Crippen LogP contribution in [0.4, 0.5) is 0 Å². The number of aromatic nitrogens is 2. The number of carbonyl (C=O) groups excluding carboxylic acids is 1. The SMILES string of the molecule is O=C(OCc1nc(-c2ccccc2)no1)c1cccc(S(=O)(=O)NCc2ccco2)c1. The number of hydrogen-bond acceptors (Lipinski definition) is 8. The number of nitrogens with zero attached hydrogens (tertiary/aromatic N) is 2. The van der Waals surface area contributed by atoms with Gasteiger partial charge in [0.25, 0.3) is 5.89 Å². The third kappa shape index (κ3) is 5.05. The molecule has 9 nitrogen and oxygen atoms in total. The lowest BCUT2D eigenvalue weighted by Gasteiger charge is -2.07. The Bertz CT molecular complexity index is 1270. The molecule has 2 heterocycles. The molecule has 1 N–H and O–H groups in total. The van der Waals surface area contributed by atoms with Crippen LogP contribution in [-0.2, 0) is 27.9 Å². The van der Waals surface area contributed by atoms with Crippen molar-refractivity contribution < 1.29 is 26.9 Å². The van der Waals surface area contributed by atoms with E-state index < -0.39 is 16.0 Å². The summed E-state index contributed by atoms with van der Waals surface area (Å²) in [7, 11) is -3.85. The summed E-state index contributed by atoms with van der Waals surface area (Å²) in [6, 6.07) is 18.0. The molecule has 0 atom stereocenters. The highest BCUT2D eigenvalue weighted by Gasteiger charge is 2.18. The molecule has 0 unspecified atom stereocenters. The van der Waals surface area contributed by atoms with E-state index in [1.54, 1.807) is 12.1 Å². The van der Waals surface area contributed by atoms with Crippen LogP contribution in [0.5, 0.6) is 0 Å². The quantitative estimate of drug-likeness (QED) is 0.415. The highest BCUT2D eigenvalue weighted by atomic mass is 32.2. The number of sulfonamides is 1. The Kier molecular flexibility index (Phi) is 5.92. The van der Waals surface area contributed by atoms with Gasteiger partial charge in [0, 0.05) is 5.56 Å². The first-order chi connectivity index (χ1) is 15.0. The van der Waals surface area contributed by atoms with Gasteiger partial charge in [-0.1, -0.05) is 41.6 Å². The first-order valence-electron chi connectivity index (χ1n) is 9.18. The van der Waals surface area contributed by atoms with Gasteiger partial charge in [0.15, 0.2) is 6.61 Å². The Morgan fingerprint density at radius 2 is 1.87 bits per heavy atom. The lowest BCUT2D eigenvalue weighted by Crippen LogP contribution is -2.23. The fraction of sp³-hybridized carbons (Fsp3) is 0.0952. The van der Waals surface area contributed by atoms with Gasteiger partial charge in [-0.15, -0.1) is 0 Å². The van der Waals surface area contributed by atoms with Gasteiger partial charge in [-0.05, 0) is 30.3 Å². The predicted octanol–water partition coefficient (Wildman–Crippen LogP) is 3.17. The molecule has 0 spiro atoms. The topological polar surface area (TPSA) is 125 Å². The van der Waals surface area contributed by atoms with Gasteiger partial charge in [-0.25, -0.2) is 17.9 Å². The maximum atomic E-state index is 12.5. The van der Waals surface area contributed by atoms with Crippen LogP contribution in [0.15, 0.2) is 86.8 Å². The van der Waals surface area contributed by atoms with Crippen molar-refractivity contribution in [2.45, 2.75) is 18.0 Å². The van der Waals surface area contributed by atoms with Crippen LogP contribution >= 0.6 is 0 Å². The van der Waals surface area contributed by atoms with Gasteiger partial charge >= 0.3 is 5.97 Å². The molecular weight excluding hydrogens is 422 g/mol. The van der Waals surface area contributed by atoms with Crippen molar-refractivity contribution in [3.05, 3.63) is 90.2 Å². The number of furan rings is 1. The summed E-state index contributed by atoms with van der Waals surface area (Å²) in [5.74, 6) is 0.245. The molecule has 0 aliphatic rings. The first kappa shape index (κ1) is 20.5. The van der Waals surface area contributed by atoms with Crippen LogP contribution in [0.2, 0.25) is 0 Å². The van der Waals surface area contributed by atoms with Crippen molar-refractivity contribution in [1.82, 2.24) is 14.9 Å². The molecule has 0 saturated heterocycles. The minimum atomic E-state index is -3.85. The van der Waals surface area contributed by atoms with Crippen LogP contribution in [0.1, 0.15) is 22.0 Å². The number of esters is 1. The second-order valence-electron chi connectivity index (χ2n) is 6.39. The van der Waals surface area contributed by atoms with E-state index in [9.17, 15) is 13.2 Å². The minimum Gasteiger partial charge on any atom is -0.468 e. The number of nitrogens with one attached hydrogen (secondary N) is 1. The molecule has 10 heteroatoms. The Hall–Kier alpha value is -3.76. The number of hydrogen-bond donors (Lipinski definition) is 1. The van der Waals surface area contributed by atoms with Crippen molar-refractivity contribution in [1.29, 1.82) is 0 Å². The zero-order valence-corrected chi connectivity index (χ0v) is 16.9. The Balaban J connectivity index is 1.39. The maximum absolute atomic E-state index is 12.5. The molecule has 4 rings (SSSR count). The minimum absolute atomic E-state index is 0.00901. The fourth-order valence-electron chi connectivity index (χ4n) is 2.68. The number of carbonyl (C=O) groups is 1. The van der Waals surface area contributed by atoms with Crippen LogP contribution in [0, 0.1) is 0 Å². The van der Waals surface area contributed by atoms with Gasteiger partial charge < -0.3 is 13.7 Å². The van der Waals surface area contributed by atoms with Crippen LogP contribution in [0.3, 0.4) is 0 Å². The smallest absolute Gasteiger partial charge is 0.338 e. The number of rotatable bonds is 8. The summed E-state index contributed by atoms with van der Waals surface area (Å²) in [6.45, 7) is -0.253. The molecule has 0 fully saturated rings. The van der Waals surface area contributed by atoms with Crippen molar-refractivity contribution in [3.8, 4) is 11.4 Å². The Morgan fingerprint density at radius 3 is 2.65 bits per heavy atom. The summed E-state index contributed by atoms with van der Waals surface area (Å²) < 4.78 is 42.8. The zero-order valence-electron chi connectivity index (χ0n) is 16.1. The first-order valence-corrected chi connectivity index (χ1v) is 10.7. The molecule has 0 aliphatic carbocycles. The molecule has 0 aliphatic heterocycles. The van der Waals surface area contributed by atoms with E-state index in [4.69, 9.17) is 13.7 Å². The summed E-state index contributed by atoms with van der Waals surface area (Å²) in [5.41, 5.74) is 0.840. The normalized spacial score (nSPS) is 11.4. The fourth-order valence-corrected chi connectivity index (χ4v) is 3.72. The van der Waals surface area contributed by atoms with E-state index in [0.717, 1.165) is 5.56 Å². The second kappa shape index (κ2) is 8.94. The van der Waals surface area contributed by atoms with Gasteiger partial charge in [-0.2, -0.15) is 4.98 Å². The molecule has 158 valence electrons. The lowest BCUT2D eigenvalue weighted by atomic mass is 10.2. The van der Waals surface area contributed by atoms with Crippen molar-refractivity contribution in [2.75, 3.05) is 0 Å². The number of ether oxygens (including phenoxy) is 1. The Labute approximate surface area is 177 Å². The van der Waals surface area contributed by atoms with Gasteiger partial charge in [0.2, 0.25) is 15.8 Å². The van der Waals surface area contributed by atoms with E-state index in [-0.39, 0.29) is 29.5 Å². The van der Waals surface area contributed by atoms with E-state index in [1.807, 2.05) is 30.3 Å². The molecule has 2 aromatic carbocycles. The van der Waals surface area contributed by atoms with Crippen LogP contribution < -0.4 is 4.72 Å². The molecule has 31 heavy (non-hydrogen) atoms. The second-order valence-corrected chi connectivity index (χ2v) is 8.15. The van der Waals surface area contributed by atoms with Crippen molar-refractivity contribution in [3.63, 3.8) is 0 Å². The van der Waals surface area contributed by atoms with Crippen LogP contribution in [-0.4, -0.2) is 24.5 Å².